The van der Waals surface area contributed by atoms with Crippen LogP contribution in [0.25, 0.3) is 0 Å². The monoisotopic (exact) mass is 394 g/mol. The maximum Gasteiger partial charge on any atom is 0.416 e. The molecule has 0 bridgehead atoms. The molecule has 0 saturated heterocycles. The average Bonchev–Trinajstić information content (AvgIpc) is 2.95. The number of hydrogen-bond donors (Lipinski definition) is 2. The third kappa shape index (κ3) is 5.14. The van der Waals surface area contributed by atoms with Gasteiger partial charge in [0.1, 0.15) is 0 Å². The van der Waals surface area contributed by atoms with Gasteiger partial charge in [-0.1, -0.05) is 23.5 Å². The fraction of sp³-hybridized carbons (Fsp3) is 0.357. The summed E-state index contributed by atoms with van der Waals surface area (Å²) < 4.78 is 61.1. The van der Waals surface area contributed by atoms with Crippen molar-refractivity contribution in [1.29, 1.82) is 0 Å². The predicted molar refractivity (Wildman–Crippen MR) is 89.8 cm³/mol. The first-order valence-corrected chi connectivity index (χ1v) is 9.41. The van der Waals surface area contributed by atoms with Crippen LogP contribution in [0.5, 0.6) is 0 Å². The maximum atomic E-state index is 12.9. The Morgan fingerprint density at radius 2 is 2.04 bits per heavy atom. The highest BCUT2D eigenvalue weighted by molar-refractivity contribution is 7.91. The third-order valence-electron chi connectivity index (χ3n) is 3.43. The van der Waals surface area contributed by atoms with Crippen molar-refractivity contribution in [2.75, 3.05) is 26.0 Å². The minimum atomic E-state index is -4.42. The first kappa shape index (κ1) is 19.6. The minimum Gasteiger partial charge on any atom is -0.360 e. The Morgan fingerprint density at radius 3 is 2.56 bits per heavy atom. The summed E-state index contributed by atoms with van der Waals surface area (Å²) in [6.45, 7) is 0.242. The molecular weight excluding hydrogens is 377 g/mol. The number of thiazole rings is 1. The number of alkyl halides is 3. The lowest BCUT2D eigenvalue weighted by molar-refractivity contribution is -0.137. The van der Waals surface area contributed by atoms with Crippen LogP contribution in [0.2, 0.25) is 0 Å². The number of sulfonamides is 1. The molecule has 0 aliphatic heterocycles. The van der Waals surface area contributed by atoms with Gasteiger partial charge in [-0.3, -0.25) is 0 Å². The van der Waals surface area contributed by atoms with Crippen molar-refractivity contribution in [3.63, 3.8) is 0 Å². The summed E-state index contributed by atoms with van der Waals surface area (Å²) in [5.41, 5.74) is -0.238. The summed E-state index contributed by atoms with van der Waals surface area (Å²) in [7, 11) is -0.350. The molecule has 0 saturated carbocycles. The second-order valence-electron chi connectivity index (χ2n) is 5.51. The number of aromatic nitrogens is 1. The lowest BCUT2D eigenvalue weighted by atomic mass is 10.0. The van der Waals surface area contributed by atoms with Crippen LogP contribution in [-0.4, -0.2) is 38.9 Å². The Bertz CT molecular complexity index is 835. The highest BCUT2D eigenvalue weighted by Crippen LogP contribution is 2.32. The fourth-order valence-electron chi connectivity index (χ4n) is 2.18. The van der Waals surface area contributed by atoms with Gasteiger partial charge in [-0.05, 0) is 31.8 Å². The Hall–Kier alpha value is -1.69. The molecule has 138 valence electrons. The van der Waals surface area contributed by atoms with Crippen LogP contribution in [-0.2, 0) is 16.2 Å². The number of halogens is 3. The van der Waals surface area contributed by atoms with Gasteiger partial charge in [0.2, 0.25) is 10.0 Å². The summed E-state index contributed by atoms with van der Waals surface area (Å²) in [5.74, 6) is 0. The minimum absolute atomic E-state index is 0.0875. The topological polar surface area (TPSA) is 88.3 Å². The van der Waals surface area contributed by atoms with Gasteiger partial charge in [-0.25, -0.2) is 18.5 Å². The van der Waals surface area contributed by atoms with Crippen molar-refractivity contribution >= 4 is 26.5 Å². The highest BCUT2D eigenvalue weighted by Gasteiger charge is 2.31. The average molecular weight is 394 g/mol. The van der Waals surface area contributed by atoms with E-state index in [0.29, 0.717) is 10.7 Å². The second kappa shape index (κ2) is 7.28. The molecule has 1 heterocycles. The number of nitrogens with one attached hydrogen (secondary N) is 1. The van der Waals surface area contributed by atoms with Crippen LogP contribution in [0.4, 0.5) is 18.3 Å². The SMILES string of the molecule is CN(C)C(CNc1ncc(S(N)(=O)=O)s1)c1cccc(C(F)(F)F)c1. The Kier molecular flexibility index (Phi) is 5.72. The molecule has 1 unspecified atom stereocenters. The van der Waals surface area contributed by atoms with Crippen molar-refractivity contribution in [2.45, 2.75) is 16.4 Å². The number of nitrogens with two attached hydrogens (primary N) is 1. The molecule has 2 rings (SSSR count). The van der Waals surface area contributed by atoms with E-state index in [-0.39, 0.29) is 16.8 Å². The van der Waals surface area contributed by atoms with Gasteiger partial charge in [-0.15, -0.1) is 0 Å². The Morgan fingerprint density at radius 1 is 1.36 bits per heavy atom. The van der Waals surface area contributed by atoms with Crippen LogP contribution in [0, 0.1) is 0 Å². The molecule has 0 amide bonds. The molecule has 1 atom stereocenters. The molecule has 11 heteroatoms. The van der Waals surface area contributed by atoms with Gasteiger partial charge in [-0.2, -0.15) is 13.2 Å². The third-order valence-corrected chi connectivity index (χ3v) is 5.80. The van der Waals surface area contributed by atoms with Crippen LogP contribution >= 0.6 is 11.3 Å². The van der Waals surface area contributed by atoms with Gasteiger partial charge in [0.05, 0.1) is 17.8 Å². The van der Waals surface area contributed by atoms with Crippen LogP contribution in [0.3, 0.4) is 0 Å². The van der Waals surface area contributed by atoms with E-state index in [0.717, 1.165) is 29.7 Å². The number of nitrogens with zero attached hydrogens (tertiary/aromatic N) is 2. The summed E-state index contributed by atoms with van der Waals surface area (Å²) in [5, 5.41) is 8.28. The normalized spacial score (nSPS) is 13.9. The van der Waals surface area contributed by atoms with E-state index in [9.17, 15) is 21.6 Å². The van der Waals surface area contributed by atoms with Crippen molar-refractivity contribution in [1.82, 2.24) is 9.88 Å². The Balaban J connectivity index is 2.18. The summed E-state index contributed by atoms with van der Waals surface area (Å²) in [6.07, 6.45) is -3.28. The number of benzene rings is 1. The molecule has 25 heavy (non-hydrogen) atoms. The molecule has 6 nitrogen and oxygen atoms in total. The zero-order chi connectivity index (χ0) is 18.8. The molecule has 3 N–H and O–H groups in total. The zero-order valence-electron chi connectivity index (χ0n) is 13.4. The lowest BCUT2D eigenvalue weighted by Gasteiger charge is -2.25. The first-order valence-electron chi connectivity index (χ1n) is 7.04. The molecule has 1 aromatic heterocycles. The molecule has 0 fully saturated rings. The number of rotatable bonds is 6. The van der Waals surface area contributed by atoms with Gasteiger partial charge in [0, 0.05) is 6.54 Å². The van der Waals surface area contributed by atoms with E-state index in [1.165, 1.54) is 6.07 Å². The number of hydrogen-bond acceptors (Lipinski definition) is 6. The number of primary sulfonamides is 1. The van der Waals surface area contributed by atoms with E-state index in [1.54, 1.807) is 25.1 Å². The molecule has 2 aromatic rings. The smallest absolute Gasteiger partial charge is 0.360 e. The van der Waals surface area contributed by atoms with Crippen molar-refractivity contribution < 1.29 is 21.6 Å². The van der Waals surface area contributed by atoms with E-state index in [4.69, 9.17) is 5.14 Å². The van der Waals surface area contributed by atoms with Crippen LogP contribution in [0.1, 0.15) is 17.2 Å². The predicted octanol–water partition coefficient (Wildman–Crippen LogP) is 2.52. The number of anilines is 1. The van der Waals surface area contributed by atoms with Gasteiger partial charge >= 0.3 is 6.18 Å². The quantitative estimate of drug-likeness (QED) is 0.786. The zero-order valence-corrected chi connectivity index (χ0v) is 15.0. The molecule has 0 aliphatic rings. The van der Waals surface area contributed by atoms with E-state index < -0.39 is 21.8 Å². The Labute approximate surface area is 147 Å². The van der Waals surface area contributed by atoms with E-state index in [1.807, 2.05) is 0 Å². The summed E-state index contributed by atoms with van der Waals surface area (Å²) in [4.78, 5) is 5.67. The number of likely N-dealkylation sites (N-methyl/N-ethyl adjacent to an activating group) is 1. The highest BCUT2D eigenvalue weighted by atomic mass is 32.2. The summed E-state index contributed by atoms with van der Waals surface area (Å²) >= 11 is 0.862. The van der Waals surface area contributed by atoms with E-state index in [2.05, 4.69) is 10.3 Å². The maximum absolute atomic E-state index is 12.9. The van der Waals surface area contributed by atoms with E-state index >= 15 is 0 Å². The largest absolute Gasteiger partial charge is 0.416 e. The fourth-order valence-corrected chi connectivity index (χ4v) is 3.64. The lowest BCUT2D eigenvalue weighted by Crippen LogP contribution is -2.27. The molecule has 0 radical (unpaired) electrons. The first-order chi connectivity index (χ1) is 11.5. The standard InChI is InChI=1S/C14H17F3N4O2S2/c1-21(2)11(9-4-3-5-10(6-9)14(15,16)17)7-19-13-20-8-12(24-13)25(18,22)23/h3-6,8,11H,7H2,1-2H3,(H,19,20)(H2,18,22,23). The van der Waals surface area contributed by atoms with Crippen LogP contribution < -0.4 is 10.5 Å². The molecular formula is C14H17F3N4O2S2. The van der Waals surface area contributed by atoms with Gasteiger partial charge < -0.3 is 10.2 Å². The van der Waals surface area contributed by atoms with Gasteiger partial charge in [0.25, 0.3) is 0 Å². The van der Waals surface area contributed by atoms with Gasteiger partial charge in [0.15, 0.2) is 9.34 Å². The molecule has 1 aromatic carbocycles. The van der Waals surface area contributed by atoms with Crippen molar-refractivity contribution in [3.8, 4) is 0 Å². The van der Waals surface area contributed by atoms with Crippen molar-refractivity contribution in [3.05, 3.63) is 41.6 Å². The van der Waals surface area contributed by atoms with Crippen molar-refractivity contribution in [2.24, 2.45) is 5.14 Å². The van der Waals surface area contributed by atoms with Crippen LogP contribution in [0.15, 0.2) is 34.7 Å². The second-order valence-corrected chi connectivity index (χ2v) is 8.33. The molecule has 0 spiro atoms. The molecule has 0 aliphatic carbocycles. The summed E-state index contributed by atoms with van der Waals surface area (Å²) in [6, 6.07) is 4.72.